The lowest BCUT2D eigenvalue weighted by Gasteiger charge is -2.01. The van der Waals surface area contributed by atoms with Gasteiger partial charge in [0.05, 0.1) is 6.57 Å². The van der Waals surface area contributed by atoms with Crippen LogP contribution in [0, 0.1) is 18.4 Å². The lowest BCUT2D eigenvalue weighted by Crippen LogP contribution is -2.19. The summed E-state index contributed by atoms with van der Waals surface area (Å²) in [7, 11) is 0. The van der Waals surface area contributed by atoms with Crippen molar-refractivity contribution >= 4 is 23.1 Å². The average Bonchev–Trinajstić information content (AvgIpc) is 2.54. The molecule has 0 unspecified atom stereocenters. The maximum Gasteiger partial charge on any atom is 0.291 e. The molecule has 0 aromatic heterocycles. The van der Waals surface area contributed by atoms with Gasteiger partial charge in [-0.15, -0.1) is 0 Å². The Bertz CT molecular complexity index is 801. The quantitative estimate of drug-likeness (QED) is 0.524. The number of nitrogens with zero attached hydrogens (tertiary/aromatic N) is 1. The molecule has 0 radical (unpaired) electrons. The predicted molar refractivity (Wildman–Crippen MR) is 84.4 cm³/mol. The van der Waals surface area contributed by atoms with Gasteiger partial charge in [0.15, 0.2) is 5.69 Å². The van der Waals surface area contributed by atoms with E-state index >= 15 is 0 Å². The normalized spacial score (nSPS) is 9.09. The number of anilines is 1. The van der Waals surface area contributed by atoms with Crippen molar-refractivity contribution in [2.45, 2.75) is 6.92 Å². The summed E-state index contributed by atoms with van der Waals surface area (Å²) in [5.41, 5.74) is 2.74. The summed E-state index contributed by atoms with van der Waals surface area (Å²) in [4.78, 5) is 25.4. The maximum atomic E-state index is 11.3. The zero-order valence-corrected chi connectivity index (χ0v) is 11.9. The van der Waals surface area contributed by atoms with E-state index < -0.39 is 11.7 Å². The molecule has 4 heteroatoms. The molecular formula is C18H12N2O2. The molecule has 0 fully saturated rings. The number of Topliss-reactive ketones (excluding diaryl/α,β-unsaturated/α-hetero) is 1. The van der Waals surface area contributed by atoms with E-state index in [0.29, 0.717) is 11.4 Å². The van der Waals surface area contributed by atoms with Crippen LogP contribution in [0.1, 0.15) is 18.1 Å². The van der Waals surface area contributed by atoms with E-state index in [0.717, 1.165) is 11.1 Å². The van der Waals surface area contributed by atoms with Crippen molar-refractivity contribution in [3.63, 3.8) is 0 Å². The van der Waals surface area contributed by atoms with Crippen LogP contribution >= 0.6 is 0 Å². The smallest absolute Gasteiger partial charge is 0.291 e. The largest absolute Gasteiger partial charge is 0.319 e. The van der Waals surface area contributed by atoms with Crippen LogP contribution in [-0.2, 0) is 9.59 Å². The Balaban J connectivity index is 2.08. The second kappa shape index (κ2) is 6.88. The van der Waals surface area contributed by atoms with Crippen LogP contribution in [0.15, 0.2) is 48.5 Å². The van der Waals surface area contributed by atoms with Crippen LogP contribution in [0.3, 0.4) is 0 Å². The Morgan fingerprint density at radius 1 is 0.955 bits per heavy atom. The van der Waals surface area contributed by atoms with Crippen LogP contribution in [0.4, 0.5) is 11.4 Å². The first-order valence-electron chi connectivity index (χ1n) is 6.50. The van der Waals surface area contributed by atoms with Crippen LogP contribution in [0.5, 0.6) is 0 Å². The van der Waals surface area contributed by atoms with Gasteiger partial charge in [0, 0.05) is 23.7 Å². The minimum Gasteiger partial charge on any atom is -0.319 e. The zero-order chi connectivity index (χ0) is 15.9. The van der Waals surface area contributed by atoms with Crippen molar-refractivity contribution in [3.8, 4) is 11.8 Å². The molecular weight excluding hydrogens is 276 g/mol. The monoisotopic (exact) mass is 288 g/mol. The Morgan fingerprint density at radius 2 is 1.45 bits per heavy atom. The Morgan fingerprint density at radius 3 is 1.91 bits per heavy atom. The molecule has 1 N–H and O–H groups in total. The van der Waals surface area contributed by atoms with Gasteiger partial charge in [0.1, 0.15) is 0 Å². The highest BCUT2D eigenvalue weighted by Gasteiger charge is 2.06. The van der Waals surface area contributed by atoms with Crippen LogP contribution in [-0.4, -0.2) is 11.7 Å². The SMILES string of the molecule is [C-]#[N+]c1ccc(C#Cc2ccc(NC(=O)C(C)=O)cc2)cc1. The second-order valence-corrected chi connectivity index (χ2v) is 4.50. The molecule has 2 rings (SSSR count). The van der Waals surface area contributed by atoms with Gasteiger partial charge in [-0.3, -0.25) is 9.59 Å². The highest BCUT2D eigenvalue weighted by atomic mass is 16.2. The number of carbonyl (C=O) groups is 2. The van der Waals surface area contributed by atoms with Crippen LogP contribution in [0.2, 0.25) is 0 Å². The zero-order valence-electron chi connectivity index (χ0n) is 11.9. The van der Waals surface area contributed by atoms with Gasteiger partial charge in [-0.05, 0) is 24.3 Å². The second-order valence-electron chi connectivity index (χ2n) is 4.50. The summed E-state index contributed by atoms with van der Waals surface area (Å²) in [6.45, 7) is 8.10. The van der Waals surface area contributed by atoms with Gasteiger partial charge in [0.25, 0.3) is 5.91 Å². The minimum atomic E-state index is -0.640. The first-order valence-corrected chi connectivity index (χ1v) is 6.50. The minimum absolute atomic E-state index is 0.535. The standard InChI is InChI=1S/C18H12N2O2/c1-13(21)18(22)20-17-11-7-15(8-12-17)4-3-14-5-9-16(19-2)10-6-14/h5-12H,1H3,(H,20,22). The Kier molecular flexibility index (Phi) is 4.70. The number of nitrogens with one attached hydrogen (secondary N) is 1. The fourth-order valence-corrected chi connectivity index (χ4v) is 1.62. The van der Waals surface area contributed by atoms with Crippen molar-refractivity contribution in [3.05, 3.63) is 71.1 Å². The van der Waals surface area contributed by atoms with Crippen LogP contribution in [0.25, 0.3) is 4.85 Å². The van der Waals surface area contributed by atoms with E-state index in [-0.39, 0.29) is 0 Å². The molecule has 2 aromatic rings. The summed E-state index contributed by atoms with van der Waals surface area (Å²) >= 11 is 0. The Labute approximate surface area is 128 Å². The van der Waals surface area contributed by atoms with E-state index in [9.17, 15) is 9.59 Å². The molecule has 0 aliphatic rings. The summed E-state index contributed by atoms with van der Waals surface area (Å²) < 4.78 is 0. The lowest BCUT2D eigenvalue weighted by molar-refractivity contribution is -0.133. The number of ketones is 1. The third kappa shape index (κ3) is 4.06. The molecule has 0 heterocycles. The molecule has 1 amide bonds. The van der Waals surface area contributed by atoms with E-state index in [1.165, 1.54) is 6.92 Å². The first-order chi connectivity index (χ1) is 10.6. The molecule has 0 saturated heterocycles. The van der Waals surface area contributed by atoms with Crippen molar-refractivity contribution in [2.24, 2.45) is 0 Å². The van der Waals surface area contributed by atoms with Gasteiger partial charge < -0.3 is 5.32 Å². The van der Waals surface area contributed by atoms with Gasteiger partial charge >= 0.3 is 0 Å². The molecule has 0 saturated carbocycles. The summed E-state index contributed by atoms with van der Waals surface area (Å²) in [5.74, 6) is 4.82. The highest BCUT2D eigenvalue weighted by Crippen LogP contribution is 2.12. The van der Waals surface area contributed by atoms with Crippen molar-refractivity contribution < 1.29 is 9.59 Å². The molecule has 2 aromatic carbocycles. The molecule has 0 aliphatic carbocycles. The molecule has 0 atom stereocenters. The van der Waals surface area contributed by atoms with E-state index in [4.69, 9.17) is 6.57 Å². The molecule has 22 heavy (non-hydrogen) atoms. The number of hydrogen-bond acceptors (Lipinski definition) is 2. The fourth-order valence-electron chi connectivity index (χ4n) is 1.62. The fraction of sp³-hybridized carbons (Fsp3) is 0.0556. The van der Waals surface area contributed by atoms with Crippen molar-refractivity contribution in [1.82, 2.24) is 0 Å². The van der Waals surface area contributed by atoms with Crippen molar-refractivity contribution in [2.75, 3.05) is 5.32 Å². The summed E-state index contributed by atoms with van der Waals surface area (Å²) in [6, 6.07) is 13.9. The lowest BCUT2D eigenvalue weighted by atomic mass is 10.1. The van der Waals surface area contributed by atoms with Gasteiger partial charge in [-0.25, -0.2) is 4.85 Å². The Hall–Kier alpha value is -3.37. The third-order valence-corrected chi connectivity index (χ3v) is 2.81. The number of benzene rings is 2. The maximum absolute atomic E-state index is 11.3. The molecule has 4 nitrogen and oxygen atoms in total. The summed E-state index contributed by atoms with van der Waals surface area (Å²) in [6.07, 6.45) is 0. The number of carbonyl (C=O) groups excluding carboxylic acids is 2. The third-order valence-electron chi connectivity index (χ3n) is 2.81. The number of amides is 1. The van der Waals surface area contributed by atoms with Crippen LogP contribution < -0.4 is 5.32 Å². The predicted octanol–water partition coefficient (Wildman–Crippen LogP) is 3.16. The highest BCUT2D eigenvalue weighted by molar-refractivity contribution is 6.39. The van der Waals surface area contributed by atoms with E-state index in [1.807, 2.05) is 0 Å². The molecule has 106 valence electrons. The molecule has 0 bridgehead atoms. The van der Waals surface area contributed by atoms with Gasteiger partial charge in [-0.1, -0.05) is 36.1 Å². The number of hydrogen-bond donors (Lipinski definition) is 1. The number of rotatable bonds is 2. The topological polar surface area (TPSA) is 50.5 Å². The molecule has 0 spiro atoms. The average molecular weight is 288 g/mol. The van der Waals surface area contributed by atoms with E-state index in [1.54, 1.807) is 48.5 Å². The molecule has 0 aliphatic heterocycles. The van der Waals surface area contributed by atoms with E-state index in [2.05, 4.69) is 22.0 Å². The van der Waals surface area contributed by atoms with Crippen molar-refractivity contribution in [1.29, 1.82) is 0 Å². The summed E-state index contributed by atoms with van der Waals surface area (Å²) in [5, 5.41) is 2.49. The van der Waals surface area contributed by atoms with Gasteiger partial charge in [0.2, 0.25) is 5.78 Å². The first kappa shape index (κ1) is 15.0. The van der Waals surface area contributed by atoms with Gasteiger partial charge in [-0.2, -0.15) is 0 Å².